The fourth-order valence-electron chi connectivity index (χ4n) is 5.74. The first-order valence-corrected chi connectivity index (χ1v) is 15.3. The molecule has 8 nitrogen and oxygen atoms in total. The number of benzene rings is 3. The van der Waals surface area contributed by atoms with Crippen LogP contribution in [-0.4, -0.2) is 52.3 Å². The molecule has 0 radical (unpaired) electrons. The van der Waals surface area contributed by atoms with Gasteiger partial charge in [0.2, 0.25) is 0 Å². The molecule has 10 heteroatoms. The van der Waals surface area contributed by atoms with Crippen LogP contribution in [-0.2, 0) is 30.9 Å². The zero-order chi connectivity index (χ0) is 29.2. The third-order valence-electron chi connectivity index (χ3n) is 7.87. The van der Waals surface area contributed by atoms with E-state index in [9.17, 15) is 9.59 Å². The number of hydrogen-bond acceptors (Lipinski definition) is 5. The highest BCUT2D eigenvalue weighted by Crippen LogP contribution is 2.27. The number of amides is 1. The number of nitrogens with zero attached hydrogens (tertiary/aromatic N) is 4. The lowest BCUT2D eigenvalue weighted by molar-refractivity contribution is 0.0532. The Morgan fingerprint density at radius 2 is 1.76 bits per heavy atom. The number of morpholine rings is 1. The van der Waals surface area contributed by atoms with Gasteiger partial charge in [0.05, 0.1) is 29.1 Å². The number of fused-ring (bicyclic) bond motifs is 1. The summed E-state index contributed by atoms with van der Waals surface area (Å²) >= 11 is 9.80. The minimum absolute atomic E-state index is 0.163. The smallest absolute Gasteiger partial charge is 0.333 e. The van der Waals surface area contributed by atoms with Crippen molar-refractivity contribution in [1.29, 1.82) is 0 Å². The number of hydrogen-bond donors (Lipinski definition) is 1. The molecule has 2 aliphatic rings. The van der Waals surface area contributed by atoms with Gasteiger partial charge in [-0.1, -0.05) is 48.0 Å². The maximum atomic E-state index is 13.9. The Morgan fingerprint density at radius 1 is 1.00 bits per heavy atom. The zero-order valence-electron chi connectivity index (χ0n) is 23.4. The van der Waals surface area contributed by atoms with E-state index in [1.807, 2.05) is 72.8 Å². The first-order valence-electron chi connectivity index (χ1n) is 14.2. The molecule has 0 unspecified atom stereocenters. The summed E-state index contributed by atoms with van der Waals surface area (Å²) in [6.07, 6.45) is 0.163. The van der Waals surface area contributed by atoms with Gasteiger partial charge in [0.25, 0.3) is 5.91 Å². The predicted octanol–water partition coefficient (Wildman–Crippen LogP) is 5.23. The van der Waals surface area contributed by atoms with Crippen LogP contribution < -0.4 is 15.9 Å². The summed E-state index contributed by atoms with van der Waals surface area (Å²) in [5.74, 6) is -0.274. The van der Waals surface area contributed by atoms with Crippen molar-refractivity contribution in [3.05, 3.63) is 115 Å². The maximum absolute atomic E-state index is 13.9. The molecule has 1 amide bonds. The zero-order valence-corrected chi connectivity index (χ0v) is 25.8. The highest BCUT2D eigenvalue weighted by molar-refractivity contribution is 9.10. The van der Waals surface area contributed by atoms with Crippen LogP contribution >= 0.6 is 27.5 Å². The second-order valence-corrected chi connectivity index (χ2v) is 12.1. The van der Waals surface area contributed by atoms with E-state index in [4.69, 9.17) is 16.3 Å². The van der Waals surface area contributed by atoms with E-state index in [1.165, 1.54) is 0 Å². The number of halogens is 2. The number of carbonyl (C=O) groups is 1. The molecule has 3 aromatic carbocycles. The topological polar surface area (TPSA) is 71.7 Å². The van der Waals surface area contributed by atoms with Gasteiger partial charge in [-0.05, 0) is 70.4 Å². The summed E-state index contributed by atoms with van der Waals surface area (Å²) in [6.45, 7) is 7.05. The Hall–Kier alpha value is -3.37. The average molecular weight is 651 g/mol. The lowest BCUT2D eigenvalue weighted by atomic mass is 10.1. The maximum Gasteiger partial charge on any atom is 0.333 e. The molecular weight excluding hydrogens is 618 g/mol. The Bertz CT molecular complexity index is 1640. The fourth-order valence-corrected chi connectivity index (χ4v) is 6.19. The van der Waals surface area contributed by atoms with Crippen molar-refractivity contribution in [2.45, 2.75) is 39.2 Å². The molecule has 0 saturated carbocycles. The van der Waals surface area contributed by atoms with Gasteiger partial charge in [-0.2, -0.15) is 0 Å². The summed E-state index contributed by atoms with van der Waals surface area (Å²) in [5.41, 5.74) is 4.69. The molecular formula is C32H33BrClN5O3. The fraction of sp³-hybridized carbons (Fsp3) is 0.312. The summed E-state index contributed by atoms with van der Waals surface area (Å²) < 4.78 is 9.86. The summed E-state index contributed by atoms with van der Waals surface area (Å²) in [6, 6.07) is 23.6. The number of carbonyl (C=O) groups excluding carboxylic acids is 1. The molecule has 1 atom stereocenters. The molecule has 3 heterocycles. The minimum atomic E-state index is -0.274. The monoisotopic (exact) mass is 649 g/mol. The molecule has 1 aromatic heterocycles. The van der Waals surface area contributed by atoms with Gasteiger partial charge in [0.15, 0.2) is 0 Å². The van der Waals surface area contributed by atoms with Gasteiger partial charge in [-0.15, -0.1) is 0 Å². The van der Waals surface area contributed by atoms with Crippen molar-refractivity contribution in [3.8, 4) is 5.69 Å². The van der Waals surface area contributed by atoms with Crippen molar-refractivity contribution in [2.75, 3.05) is 31.1 Å². The number of anilines is 1. The van der Waals surface area contributed by atoms with Gasteiger partial charge in [0, 0.05) is 56.0 Å². The quantitative estimate of drug-likeness (QED) is 0.297. The van der Waals surface area contributed by atoms with Crippen LogP contribution in [0.2, 0.25) is 5.02 Å². The van der Waals surface area contributed by atoms with Crippen molar-refractivity contribution in [2.24, 2.45) is 0 Å². The van der Waals surface area contributed by atoms with Crippen LogP contribution in [0.1, 0.15) is 34.2 Å². The third-order valence-corrected chi connectivity index (χ3v) is 9.11. The van der Waals surface area contributed by atoms with E-state index in [0.29, 0.717) is 61.4 Å². The van der Waals surface area contributed by atoms with E-state index in [1.54, 1.807) is 9.13 Å². The van der Waals surface area contributed by atoms with Crippen LogP contribution in [0.4, 0.5) is 5.69 Å². The van der Waals surface area contributed by atoms with Crippen molar-refractivity contribution in [1.82, 2.24) is 19.4 Å². The largest absolute Gasteiger partial charge is 0.375 e. The Kier molecular flexibility index (Phi) is 8.53. The Morgan fingerprint density at radius 3 is 2.50 bits per heavy atom. The average Bonchev–Trinajstić information content (AvgIpc) is 3.30. The van der Waals surface area contributed by atoms with Gasteiger partial charge in [0.1, 0.15) is 5.69 Å². The predicted molar refractivity (Wildman–Crippen MR) is 169 cm³/mol. The molecule has 1 fully saturated rings. The van der Waals surface area contributed by atoms with Gasteiger partial charge >= 0.3 is 5.69 Å². The van der Waals surface area contributed by atoms with Crippen LogP contribution in [0, 0.1) is 0 Å². The Balaban J connectivity index is 1.33. The van der Waals surface area contributed by atoms with Gasteiger partial charge in [-0.3, -0.25) is 18.8 Å². The van der Waals surface area contributed by atoms with Crippen LogP contribution in [0.5, 0.6) is 0 Å². The molecule has 2 aliphatic heterocycles. The molecule has 218 valence electrons. The number of ether oxygens (including phenoxy) is 1. The number of imidazole rings is 1. The Labute approximate surface area is 258 Å². The molecule has 0 aliphatic carbocycles. The summed E-state index contributed by atoms with van der Waals surface area (Å²) in [4.78, 5) is 32.2. The van der Waals surface area contributed by atoms with E-state index < -0.39 is 0 Å². The van der Waals surface area contributed by atoms with E-state index >= 15 is 0 Å². The highest BCUT2D eigenvalue weighted by Gasteiger charge is 2.30. The normalized spacial score (nSPS) is 17.2. The first kappa shape index (κ1) is 28.7. The minimum Gasteiger partial charge on any atom is -0.375 e. The molecule has 6 rings (SSSR count). The lowest BCUT2D eigenvalue weighted by Crippen LogP contribution is -2.41. The van der Waals surface area contributed by atoms with Crippen LogP contribution in [0.3, 0.4) is 0 Å². The molecule has 1 saturated heterocycles. The molecule has 0 spiro atoms. The van der Waals surface area contributed by atoms with Gasteiger partial charge in [-0.25, -0.2) is 4.79 Å². The third kappa shape index (κ3) is 6.06. The molecule has 4 aromatic rings. The SMILES string of the molecule is C[C@H]1CN(c2ccc(-n3c(C(=O)NCc4ccccc4)c4n(c3=O)CCN(Cc3ccc(Br)c(Cl)c3)C4)cc2)CCO1. The number of rotatable bonds is 7. The number of nitrogens with one attached hydrogen (secondary N) is 1. The summed E-state index contributed by atoms with van der Waals surface area (Å²) in [5, 5.41) is 3.72. The van der Waals surface area contributed by atoms with E-state index in [0.717, 1.165) is 34.4 Å². The van der Waals surface area contributed by atoms with Crippen molar-refractivity contribution < 1.29 is 9.53 Å². The second-order valence-electron chi connectivity index (χ2n) is 10.8. The molecule has 42 heavy (non-hydrogen) atoms. The second kappa shape index (κ2) is 12.5. The standard InChI is InChI=1S/C32H33BrClN5O3/c1-22-19-37(15-16-42-22)25-8-10-26(11-9-25)39-30(31(40)35-18-23-5-3-2-4-6-23)29-21-36(13-14-38(29)32(39)41)20-24-7-12-27(33)28(34)17-24/h2-12,17,22H,13-16,18-21H2,1H3,(H,35,40)/t22-/m0/s1. The van der Waals surface area contributed by atoms with Crippen LogP contribution in [0.15, 0.2) is 82.1 Å². The number of aromatic nitrogens is 2. The van der Waals surface area contributed by atoms with Crippen molar-refractivity contribution in [3.63, 3.8) is 0 Å². The summed E-state index contributed by atoms with van der Waals surface area (Å²) in [7, 11) is 0. The van der Waals surface area contributed by atoms with Gasteiger partial charge < -0.3 is 15.0 Å². The molecule has 0 bridgehead atoms. The first-order chi connectivity index (χ1) is 20.4. The van der Waals surface area contributed by atoms with Crippen LogP contribution in [0.25, 0.3) is 5.69 Å². The van der Waals surface area contributed by atoms with Crippen molar-refractivity contribution >= 4 is 39.1 Å². The van der Waals surface area contributed by atoms with E-state index in [2.05, 4.69) is 38.0 Å². The van der Waals surface area contributed by atoms with E-state index in [-0.39, 0.29) is 17.7 Å². The molecule has 1 N–H and O–H groups in total. The highest BCUT2D eigenvalue weighted by atomic mass is 79.9. The lowest BCUT2D eigenvalue weighted by Gasteiger charge is -2.33.